The first kappa shape index (κ1) is 26.9. The van der Waals surface area contributed by atoms with Gasteiger partial charge in [0.05, 0.1) is 13.2 Å². The molecule has 4 rings (SSSR count). The van der Waals surface area contributed by atoms with Crippen LogP contribution in [0, 0.1) is 0 Å². The highest BCUT2D eigenvalue weighted by Gasteiger charge is 2.30. The van der Waals surface area contributed by atoms with Crippen LogP contribution in [0.4, 0.5) is 0 Å². The van der Waals surface area contributed by atoms with Gasteiger partial charge in [0.25, 0.3) is 0 Å². The molecule has 2 aliphatic rings. The fourth-order valence-electron chi connectivity index (χ4n) is 4.82. The maximum absolute atomic E-state index is 12.9. The van der Waals surface area contributed by atoms with Gasteiger partial charge in [0, 0.05) is 50.0 Å². The summed E-state index contributed by atoms with van der Waals surface area (Å²) >= 11 is 0. The Morgan fingerprint density at radius 2 is 1.73 bits per heavy atom. The van der Waals surface area contributed by atoms with Crippen molar-refractivity contribution in [1.82, 2.24) is 10.2 Å². The Morgan fingerprint density at radius 3 is 2.43 bits per heavy atom. The van der Waals surface area contributed by atoms with Gasteiger partial charge in [-0.25, -0.2) is 0 Å². The Kier molecular flexibility index (Phi) is 9.41. The fraction of sp³-hybridized carbons (Fsp3) is 0.517. The molecule has 1 fully saturated rings. The number of ketones is 1. The summed E-state index contributed by atoms with van der Waals surface area (Å²) in [5.41, 5.74) is 1.76. The molecular weight excluding hydrogens is 472 g/mol. The van der Waals surface area contributed by atoms with E-state index in [0.29, 0.717) is 51.3 Å². The molecule has 2 unspecified atom stereocenters. The Bertz CT molecular complexity index is 1050. The van der Waals surface area contributed by atoms with E-state index in [9.17, 15) is 14.7 Å². The number of carbonyl (C=O) groups is 2. The lowest BCUT2D eigenvalue weighted by Gasteiger charge is -2.40. The van der Waals surface area contributed by atoms with Gasteiger partial charge in [-0.3, -0.25) is 14.5 Å². The standard InChI is InChI=1S/C29H38N2O6/c1-20(22-10-13-27-28(16-22)37-15-14-36-27)25(19-31-17-23(32)18-31)30-29(34)7-5-3-4-6-26(33)21-8-11-24(35-2)12-9-21/h8-13,16,20,23,25,32H,3-7,14-15,17-19H2,1-2H3,(H,30,34). The number of Topliss-reactive ketones (excluding diaryl/α,β-unsaturated/α-hetero) is 1. The van der Waals surface area contributed by atoms with Crippen LogP contribution in [0.1, 0.15) is 60.9 Å². The zero-order valence-corrected chi connectivity index (χ0v) is 21.8. The minimum atomic E-state index is -0.290. The van der Waals surface area contributed by atoms with Crippen LogP contribution >= 0.6 is 0 Å². The smallest absolute Gasteiger partial charge is 0.220 e. The van der Waals surface area contributed by atoms with Crippen LogP contribution in [0.2, 0.25) is 0 Å². The number of nitrogens with one attached hydrogen (secondary N) is 1. The quantitative estimate of drug-likeness (QED) is 0.314. The molecule has 1 amide bonds. The summed E-state index contributed by atoms with van der Waals surface area (Å²) in [5, 5.41) is 12.9. The molecule has 37 heavy (non-hydrogen) atoms. The van der Waals surface area contributed by atoms with Crippen LogP contribution in [0.3, 0.4) is 0 Å². The van der Waals surface area contributed by atoms with Gasteiger partial charge in [0.1, 0.15) is 19.0 Å². The molecule has 8 nitrogen and oxygen atoms in total. The van der Waals surface area contributed by atoms with Crippen molar-refractivity contribution in [2.24, 2.45) is 0 Å². The zero-order valence-electron chi connectivity index (χ0n) is 21.8. The summed E-state index contributed by atoms with van der Waals surface area (Å²) in [7, 11) is 1.60. The van der Waals surface area contributed by atoms with Gasteiger partial charge in [-0.1, -0.05) is 19.4 Å². The maximum atomic E-state index is 12.9. The summed E-state index contributed by atoms with van der Waals surface area (Å²) in [6.07, 6.45) is 2.90. The van der Waals surface area contributed by atoms with Gasteiger partial charge in [-0.15, -0.1) is 0 Å². The normalized spacial score (nSPS) is 16.9. The monoisotopic (exact) mass is 510 g/mol. The van der Waals surface area contributed by atoms with E-state index in [0.717, 1.165) is 42.1 Å². The van der Waals surface area contributed by atoms with Gasteiger partial charge in [0.15, 0.2) is 17.3 Å². The predicted molar refractivity (Wildman–Crippen MR) is 141 cm³/mol. The second-order valence-corrected chi connectivity index (χ2v) is 9.95. The highest BCUT2D eigenvalue weighted by atomic mass is 16.6. The summed E-state index contributed by atoms with van der Waals surface area (Å²) in [4.78, 5) is 27.4. The largest absolute Gasteiger partial charge is 0.497 e. The lowest BCUT2D eigenvalue weighted by Crippen LogP contribution is -2.56. The number of fused-ring (bicyclic) bond motifs is 1. The summed E-state index contributed by atoms with van der Waals surface area (Å²) in [6.45, 7) is 5.12. The molecule has 0 bridgehead atoms. The van der Waals surface area contributed by atoms with Gasteiger partial charge in [-0.05, 0) is 54.8 Å². The van der Waals surface area contributed by atoms with E-state index in [1.54, 1.807) is 31.4 Å². The number of benzene rings is 2. The first-order valence-electron chi connectivity index (χ1n) is 13.2. The number of nitrogens with zero attached hydrogens (tertiary/aromatic N) is 1. The first-order chi connectivity index (χ1) is 17.9. The van der Waals surface area contributed by atoms with E-state index in [1.807, 2.05) is 18.2 Å². The number of amides is 1. The third-order valence-corrected chi connectivity index (χ3v) is 7.15. The third-order valence-electron chi connectivity index (χ3n) is 7.15. The van der Waals surface area contributed by atoms with Crippen LogP contribution < -0.4 is 19.5 Å². The molecule has 1 saturated heterocycles. The Labute approximate surface area is 218 Å². The molecular formula is C29H38N2O6. The number of aliphatic hydroxyl groups excluding tert-OH is 1. The van der Waals surface area contributed by atoms with Crippen molar-refractivity contribution in [3.05, 3.63) is 53.6 Å². The molecule has 2 atom stereocenters. The maximum Gasteiger partial charge on any atom is 0.220 e. The SMILES string of the molecule is COc1ccc(C(=O)CCCCCC(=O)NC(CN2CC(O)C2)C(C)c2ccc3c(c2)OCCO3)cc1. The second kappa shape index (κ2) is 12.9. The first-order valence-corrected chi connectivity index (χ1v) is 13.2. The Morgan fingerprint density at radius 1 is 1.03 bits per heavy atom. The molecule has 2 aliphatic heterocycles. The molecule has 2 N–H and O–H groups in total. The number of aliphatic hydroxyl groups is 1. The molecule has 0 spiro atoms. The van der Waals surface area contributed by atoms with Crippen LogP contribution in [0.25, 0.3) is 0 Å². The average molecular weight is 511 g/mol. The van der Waals surface area contributed by atoms with Gasteiger partial charge in [0.2, 0.25) is 5.91 Å². The number of ether oxygens (including phenoxy) is 3. The molecule has 0 aromatic heterocycles. The van der Waals surface area contributed by atoms with Crippen molar-refractivity contribution >= 4 is 11.7 Å². The topological polar surface area (TPSA) is 97.3 Å². The van der Waals surface area contributed by atoms with Crippen molar-refractivity contribution in [3.8, 4) is 17.2 Å². The van der Waals surface area contributed by atoms with E-state index in [1.165, 1.54) is 0 Å². The molecule has 200 valence electrons. The molecule has 0 aliphatic carbocycles. The number of carbonyl (C=O) groups excluding carboxylic acids is 2. The zero-order chi connectivity index (χ0) is 26.2. The third kappa shape index (κ3) is 7.46. The number of β-amino-alcohol motifs (C(OH)–C–C–N with tert-alkyl or cyclic N) is 1. The van der Waals surface area contributed by atoms with E-state index >= 15 is 0 Å². The van der Waals surface area contributed by atoms with E-state index in [2.05, 4.69) is 17.1 Å². The number of methoxy groups -OCH3 is 1. The predicted octanol–water partition coefficient (Wildman–Crippen LogP) is 3.56. The van der Waals surface area contributed by atoms with Crippen molar-refractivity contribution in [3.63, 3.8) is 0 Å². The minimum absolute atomic E-state index is 0.0111. The second-order valence-electron chi connectivity index (χ2n) is 9.95. The Balaban J connectivity index is 1.25. The Hall–Kier alpha value is -3.10. The van der Waals surface area contributed by atoms with Crippen LogP contribution in [0.5, 0.6) is 17.2 Å². The lowest BCUT2D eigenvalue weighted by atomic mass is 9.91. The van der Waals surface area contributed by atoms with Crippen molar-refractivity contribution in [2.75, 3.05) is 40.0 Å². The molecule has 2 aromatic rings. The molecule has 0 saturated carbocycles. The number of rotatable bonds is 13. The number of unbranched alkanes of at least 4 members (excludes halogenated alkanes) is 2. The van der Waals surface area contributed by atoms with Crippen LogP contribution in [-0.4, -0.2) is 73.8 Å². The van der Waals surface area contributed by atoms with E-state index in [-0.39, 0.29) is 29.8 Å². The average Bonchev–Trinajstić information content (AvgIpc) is 2.90. The summed E-state index contributed by atoms with van der Waals surface area (Å²) in [6, 6.07) is 13.0. The van der Waals surface area contributed by atoms with E-state index in [4.69, 9.17) is 14.2 Å². The van der Waals surface area contributed by atoms with Crippen molar-refractivity contribution < 1.29 is 28.9 Å². The van der Waals surface area contributed by atoms with Crippen molar-refractivity contribution in [1.29, 1.82) is 0 Å². The summed E-state index contributed by atoms with van der Waals surface area (Å²) < 4.78 is 16.5. The lowest BCUT2D eigenvalue weighted by molar-refractivity contribution is -0.122. The van der Waals surface area contributed by atoms with Crippen LogP contribution in [-0.2, 0) is 4.79 Å². The molecule has 0 radical (unpaired) electrons. The molecule has 2 aromatic carbocycles. The van der Waals surface area contributed by atoms with Gasteiger partial charge >= 0.3 is 0 Å². The molecule has 8 heteroatoms. The van der Waals surface area contributed by atoms with E-state index < -0.39 is 0 Å². The number of hydrogen-bond acceptors (Lipinski definition) is 7. The minimum Gasteiger partial charge on any atom is -0.497 e. The number of hydrogen-bond donors (Lipinski definition) is 2. The number of likely N-dealkylation sites (tertiary alicyclic amines) is 1. The fourth-order valence-corrected chi connectivity index (χ4v) is 4.82. The van der Waals surface area contributed by atoms with Crippen LogP contribution in [0.15, 0.2) is 42.5 Å². The van der Waals surface area contributed by atoms with Gasteiger partial charge in [-0.2, -0.15) is 0 Å². The summed E-state index contributed by atoms with van der Waals surface area (Å²) in [5.74, 6) is 2.39. The highest BCUT2D eigenvalue weighted by Crippen LogP contribution is 2.34. The highest BCUT2D eigenvalue weighted by molar-refractivity contribution is 5.96. The molecule has 2 heterocycles. The van der Waals surface area contributed by atoms with Crippen molar-refractivity contribution in [2.45, 2.75) is 57.1 Å². The van der Waals surface area contributed by atoms with Gasteiger partial charge < -0.3 is 24.6 Å².